The Hall–Kier alpha value is -3.91. The highest BCUT2D eigenvalue weighted by Crippen LogP contribution is 2.26. The van der Waals surface area contributed by atoms with Crippen molar-refractivity contribution in [1.29, 1.82) is 0 Å². The Balaban J connectivity index is 1.70. The smallest absolute Gasteiger partial charge is 0.238 e. The Bertz CT molecular complexity index is 1160. The summed E-state index contributed by atoms with van der Waals surface area (Å²) in [4.78, 5) is 63.9. The Kier molecular flexibility index (Phi) is 12.2. The fourth-order valence-corrected chi connectivity index (χ4v) is 5.35. The van der Waals surface area contributed by atoms with E-state index < -0.39 is 47.3 Å². The van der Waals surface area contributed by atoms with Gasteiger partial charge < -0.3 is 10.1 Å². The first-order valence-electron chi connectivity index (χ1n) is 14.2. The van der Waals surface area contributed by atoms with Gasteiger partial charge in [-0.25, -0.2) is 0 Å². The number of rotatable bonds is 17. The van der Waals surface area contributed by atoms with Crippen LogP contribution in [0.4, 0.5) is 0 Å². The Labute approximate surface area is 242 Å². The van der Waals surface area contributed by atoms with E-state index in [0.717, 1.165) is 31.4 Å². The fraction of sp³-hybridized carbons (Fsp3) is 0.424. The molecule has 1 aromatic carbocycles. The molecule has 8 nitrogen and oxygen atoms in total. The summed E-state index contributed by atoms with van der Waals surface area (Å²) in [5.74, 6) is -5.44. The number of ether oxygens (including phenoxy) is 1. The number of Topliss-reactive ketones (excluding diaryl/α,β-unsaturated/α-hetero) is 2. The lowest BCUT2D eigenvalue weighted by Crippen LogP contribution is -2.49. The lowest BCUT2D eigenvalue weighted by atomic mass is 9.83. The monoisotopic (exact) mass is 560 g/mol. The van der Waals surface area contributed by atoms with E-state index in [1.54, 1.807) is 6.08 Å². The summed E-state index contributed by atoms with van der Waals surface area (Å²) in [5.41, 5.74) is 1.03. The summed E-state index contributed by atoms with van der Waals surface area (Å²) in [6.07, 6.45) is 12.1. The number of hydrogen-bond donors (Lipinski definition) is 2. The third-order valence-electron chi connectivity index (χ3n) is 7.61. The zero-order valence-corrected chi connectivity index (χ0v) is 23.5. The summed E-state index contributed by atoms with van der Waals surface area (Å²) < 4.78 is 5.60. The maximum Gasteiger partial charge on any atom is 0.238 e. The molecule has 1 unspecified atom stereocenters. The number of carbonyl (C=O) groups is 5. The molecule has 41 heavy (non-hydrogen) atoms. The quantitative estimate of drug-likeness (QED) is 0.170. The molecule has 1 aromatic rings. The van der Waals surface area contributed by atoms with Crippen LogP contribution in [0.25, 0.3) is 0 Å². The van der Waals surface area contributed by atoms with E-state index >= 15 is 0 Å². The molecule has 0 bridgehead atoms. The van der Waals surface area contributed by atoms with Gasteiger partial charge in [-0.15, -0.1) is 19.7 Å². The molecule has 2 heterocycles. The highest BCUT2D eigenvalue weighted by atomic mass is 16.5. The predicted molar refractivity (Wildman–Crippen MR) is 156 cm³/mol. The van der Waals surface area contributed by atoms with E-state index in [4.69, 9.17) is 4.74 Å². The lowest BCUT2D eigenvalue weighted by Gasteiger charge is -2.26. The molecule has 218 valence electrons. The number of nitrogens with one attached hydrogen (secondary N) is 2. The van der Waals surface area contributed by atoms with Crippen molar-refractivity contribution in [2.24, 2.45) is 23.7 Å². The van der Waals surface area contributed by atoms with E-state index in [1.807, 2.05) is 36.4 Å². The van der Waals surface area contributed by atoms with Crippen LogP contribution in [0.2, 0.25) is 0 Å². The molecular weight excluding hydrogens is 520 g/mol. The van der Waals surface area contributed by atoms with Gasteiger partial charge in [-0.3, -0.25) is 29.3 Å². The minimum absolute atomic E-state index is 0.0426. The molecule has 2 saturated heterocycles. The third-order valence-corrected chi connectivity index (χ3v) is 7.61. The minimum atomic E-state index is -1.30. The van der Waals surface area contributed by atoms with Gasteiger partial charge in [0, 0.05) is 31.8 Å². The molecule has 3 rings (SSSR count). The van der Waals surface area contributed by atoms with Crippen LogP contribution in [0, 0.1) is 23.7 Å². The maximum absolute atomic E-state index is 13.5. The highest BCUT2D eigenvalue weighted by Gasteiger charge is 2.47. The van der Waals surface area contributed by atoms with Crippen LogP contribution in [-0.4, -0.2) is 48.0 Å². The van der Waals surface area contributed by atoms with Crippen LogP contribution in [0.3, 0.4) is 0 Å². The topological polar surface area (TPSA) is 119 Å². The first kappa shape index (κ1) is 31.6. The van der Waals surface area contributed by atoms with Crippen molar-refractivity contribution in [2.75, 3.05) is 6.61 Å². The Morgan fingerprint density at radius 1 is 1.07 bits per heavy atom. The van der Waals surface area contributed by atoms with Crippen LogP contribution >= 0.6 is 0 Å². The van der Waals surface area contributed by atoms with Gasteiger partial charge >= 0.3 is 0 Å². The Morgan fingerprint density at radius 2 is 1.80 bits per heavy atom. The number of ketones is 2. The molecule has 2 aliphatic heterocycles. The van der Waals surface area contributed by atoms with Gasteiger partial charge in [0.15, 0.2) is 5.78 Å². The van der Waals surface area contributed by atoms with Crippen LogP contribution in [0.5, 0.6) is 0 Å². The molecule has 5 atom stereocenters. The van der Waals surface area contributed by atoms with Crippen LogP contribution in [0.15, 0.2) is 80.4 Å². The predicted octanol–water partition coefficient (Wildman–Crippen LogP) is 3.83. The summed E-state index contributed by atoms with van der Waals surface area (Å²) in [6, 6.07) is 8.55. The van der Waals surface area contributed by atoms with Crippen molar-refractivity contribution in [1.82, 2.24) is 10.6 Å². The van der Waals surface area contributed by atoms with Gasteiger partial charge in [0.1, 0.15) is 11.7 Å². The second kappa shape index (κ2) is 15.8. The van der Waals surface area contributed by atoms with E-state index in [1.165, 1.54) is 18.2 Å². The second-order valence-electron chi connectivity index (χ2n) is 10.6. The normalized spacial score (nSPS) is 21.8. The molecule has 2 fully saturated rings. The van der Waals surface area contributed by atoms with Gasteiger partial charge in [0.25, 0.3) is 0 Å². The molecule has 2 aliphatic rings. The average Bonchev–Trinajstić information content (AvgIpc) is 3.58. The van der Waals surface area contributed by atoms with Crippen molar-refractivity contribution >= 4 is 29.3 Å². The number of carbonyl (C=O) groups excluding carboxylic acids is 5. The molecule has 0 aromatic heterocycles. The first-order chi connectivity index (χ1) is 19.8. The molecule has 0 spiro atoms. The van der Waals surface area contributed by atoms with Crippen molar-refractivity contribution in [3.63, 3.8) is 0 Å². The number of imide groups is 1. The fourth-order valence-electron chi connectivity index (χ4n) is 5.35. The number of benzene rings is 1. The second-order valence-corrected chi connectivity index (χ2v) is 10.6. The largest absolute Gasteiger partial charge is 0.378 e. The summed E-state index contributed by atoms with van der Waals surface area (Å²) >= 11 is 0. The highest BCUT2D eigenvalue weighted by molar-refractivity contribution is 6.17. The van der Waals surface area contributed by atoms with Gasteiger partial charge in [-0.2, -0.15) is 0 Å². The maximum atomic E-state index is 13.5. The molecule has 2 N–H and O–H groups in total. The van der Waals surface area contributed by atoms with Crippen LogP contribution in [-0.2, 0) is 35.1 Å². The molecule has 8 heteroatoms. The van der Waals surface area contributed by atoms with E-state index in [-0.39, 0.29) is 30.6 Å². The zero-order chi connectivity index (χ0) is 29.8. The van der Waals surface area contributed by atoms with E-state index in [2.05, 4.69) is 30.4 Å². The van der Waals surface area contributed by atoms with Crippen LogP contribution < -0.4 is 10.6 Å². The third kappa shape index (κ3) is 9.05. The summed E-state index contributed by atoms with van der Waals surface area (Å²) in [5, 5.41) is 4.94. The van der Waals surface area contributed by atoms with Crippen molar-refractivity contribution < 1.29 is 28.7 Å². The van der Waals surface area contributed by atoms with Crippen LogP contribution in [0.1, 0.15) is 44.1 Å². The summed E-state index contributed by atoms with van der Waals surface area (Å²) in [7, 11) is 0. The van der Waals surface area contributed by atoms with Gasteiger partial charge in [-0.1, -0.05) is 60.7 Å². The minimum Gasteiger partial charge on any atom is -0.378 e. The number of allylic oxidation sites excluding steroid dienone is 2. The van der Waals surface area contributed by atoms with E-state index in [0.29, 0.717) is 12.8 Å². The molecule has 3 amide bonds. The number of hydrogen-bond acceptors (Lipinski definition) is 6. The van der Waals surface area contributed by atoms with E-state index in [9.17, 15) is 24.0 Å². The van der Waals surface area contributed by atoms with Gasteiger partial charge in [0.2, 0.25) is 17.7 Å². The van der Waals surface area contributed by atoms with Crippen molar-refractivity contribution in [3.05, 3.63) is 86.0 Å². The Morgan fingerprint density at radius 3 is 2.44 bits per heavy atom. The van der Waals surface area contributed by atoms with Gasteiger partial charge in [-0.05, 0) is 37.2 Å². The van der Waals surface area contributed by atoms with Gasteiger partial charge in [0.05, 0.1) is 18.1 Å². The van der Waals surface area contributed by atoms with Crippen molar-refractivity contribution in [3.8, 4) is 0 Å². The molecule has 0 saturated carbocycles. The summed E-state index contributed by atoms with van der Waals surface area (Å²) in [6.45, 7) is 11.8. The average molecular weight is 561 g/mol. The first-order valence-corrected chi connectivity index (χ1v) is 14.2. The standard InChI is InChI=1S/C33H40N2O6/c1-4-24(5-2)30(31(38)29-27(6-3)32(39)35-33(29)40)34-28(37)21-23(20-22-12-8-7-9-13-22)14-10-15-25(36)17-18-26-16-11-19-41-26/h4-10,12-14,23-24,26-27,29-30H,1-3,11,15-21H2,(H,34,37)(H,35,39,40)/b14-10+/t23-,26?,27+,29-,30+/m1/s1. The van der Waals surface area contributed by atoms with Crippen molar-refractivity contribution in [2.45, 2.75) is 57.1 Å². The molecule has 0 radical (unpaired) electrons. The molecular formula is C33H40N2O6. The zero-order valence-electron chi connectivity index (χ0n) is 23.5. The SMILES string of the molecule is C=CC(C=C)[C@H](NC(=O)C[C@H](/C=C/CC(=O)CCC1CCCO1)Cc1ccccc1)C(=O)[C@@H]1C(=O)NC(=O)[C@H]1C=C. The number of amides is 3. The molecule has 0 aliphatic carbocycles. The lowest BCUT2D eigenvalue weighted by molar-refractivity contribution is -0.136.